The van der Waals surface area contributed by atoms with Gasteiger partial charge in [0.05, 0.1) is 20.8 Å². The van der Waals surface area contributed by atoms with Crippen molar-refractivity contribution in [1.82, 2.24) is 4.90 Å². The molecule has 2 aromatic rings. The smallest absolute Gasteiger partial charge is 0.176 e. The lowest BCUT2D eigenvalue weighted by molar-refractivity contribution is 0.296. The quantitative estimate of drug-likeness (QED) is 0.356. The molecule has 1 aliphatic heterocycles. The summed E-state index contributed by atoms with van der Waals surface area (Å²) in [6, 6.07) is 13.1. The van der Waals surface area contributed by atoms with Gasteiger partial charge in [-0.3, -0.25) is 0 Å². The molecule has 2 aromatic carbocycles. The Kier molecular flexibility index (Phi) is 5.39. The van der Waals surface area contributed by atoms with E-state index >= 15 is 0 Å². The molecule has 0 bridgehead atoms. The Morgan fingerprint density at radius 1 is 0.875 bits per heavy atom. The summed E-state index contributed by atoms with van der Waals surface area (Å²) >= 11 is 18.6. The minimum absolute atomic E-state index is 0.389. The Labute approximate surface area is 155 Å². The zero-order valence-corrected chi connectivity index (χ0v) is 15.1. The summed E-state index contributed by atoms with van der Waals surface area (Å²) in [5, 5.41) is 14.5. The first kappa shape index (κ1) is 17.2. The highest BCUT2D eigenvalue weighted by molar-refractivity contribution is 6.44. The molecule has 3 rings (SSSR count). The summed E-state index contributed by atoms with van der Waals surface area (Å²) < 4.78 is 0. The number of benzene rings is 2. The molecule has 1 N–H and O–H groups in total. The van der Waals surface area contributed by atoms with Crippen LogP contribution in [0.2, 0.25) is 15.1 Å². The number of para-hydroxylation sites is 1. The zero-order valence-electron chi connectivity index (χ0n) is 12.8. The van der Waals surface area contributed by atoms with Crippen LogP contribution < -0.4 is 4.90 Å². The van der Waals surface area contributed by atoms with Crippen molar-refractivity contribution >= 4 is 46.3 Å². The van der Waals surface area contributed by atoms with Gasteiger partial charge in [0.25, 0.3) is 0 Å². The Bertz CT molecular complexity index is 758. The van der Waals surface area contributed by atoms with Crippen LogP contribution >= 0.6 is 34.8 Å². The molecule has 1 aliphatic rings. The average molecular weight is 385 g/mol. The third-order valence-corrected chi connectivity index (χ3v) is 5.20. The minimum Gasteiger partial charge on any atom is -0.409 e. The maximum atomic E-state index is 9.48. The van der Waals surface area contributed by atoms with Gasteiger partial charge in [-0.05, 0) is 24.3 Å². The third-order valence-electron chi connectivity index (χ3n) is 4.06. The SMILES string of the molecule is O/N=C(/c1cccc(Cl)c1Cl)N1CCN(c2ccccc2Cl)CC1. The standard InChI is InChI=1S/C17H16Cl3N3O/c18-13-5-1-2-7-15(13)22-8-10-23(11-9-22)17(21-24)12-4-3-6-14(19)16(12)20/h1-7,24H,8-11H2/b21-17-. The molecule has 7 heteroatoms. The average Bonchev–Trinajstić information content (AvgIpc) is 2.60. The summed E-state index contributed by atoms with van der Waals surface area (Å²) in [6.07, 6.45) is 0. The van der Waals surface area contributed by atoms with E-state index in [4.69, 9.17) is 34.8 Å². The summed E-state index contributed by atoms with van der Waals surface area (Å²) in [7, 11) is 0. The molecule has 0 aromatic heterocycles. The van der Waals surface area contributed by atoms with E-state index in [1.54, 1.807) is 18.2 Å². The minimum atomic E-state index is 0.389. The van der Waals surface area contributed by atoms with Gasteiger partial charge in [0.2, 0.25) is 0 Å². The van der Waals surface area contributed by atoms with Gasteiger partial charge in [0.1, 0.15) is 0 Å². The zero-order chi connectivity index (χ0) is 17.1. The number of rotatable bonds is 2. The number of piperazine rings is 1. The Morgan fingerprint density at radius 2 is 1.54 bits per heavy atom. The second-order valence-corrected chi connectivity index (χ2v) is 6.64. The van der Waals surface area contributed by atoms with Crippen molar-refractivity contribution in [3.63, 3.8) is 0 Å². The van der Waals surface area contributed by atoms with Crippen molar-refractivity contribution in [2.45, 2.75) is 0 Å². The Balaban J connectivity index is 1.76. The summed E-state index contributed by atoms with van der Waals surface area (Å²) in [5.74, 6) is 0.432. The van der Waals surface area contributed by atoms with Gasteiger partial charge in [0.15, 0.2) is 5.84 Å². The van der Waals surface area contributed by atoms with Gasteiger partial charge in [0, 0.05) is 31.7 Å². The predicted octanol–water partition coefficient (Wildman–Crippen LogP) is 4.60. The van der Waals surface area contributed by atoms with E-state index in [1.807, 2.05) is 29.2 Å². The van der Waals surface area contributed by atoms with Gasteiger partial charge in [-0.2, -0.15) is 0 Å². The maximum absolute atomic E-state index is 9.48. The third kappa shape index (κ3) is 3.41. The van der Waals surface area contributed by atoms with E-state index in [2.05, 4.69) is 10.1 Å². The van der Waals surface area contributed by atoms with Gasteiger partial charge in [-0.15, -0.1) is 0 Å². The predicted molar refractivity (Wildman–Crippen MR) is 100 cm³/mol. The highest BCUT2D eigenvalue weighted by Gasteiger charge is 2.24. The van der Waals surface area contributed by atoms with E-state index in [-0.39, 0.29) is 0 Å². The van der Waals surface area contributed by atoms with Crippen molar-refractivity contribution in [2.75, 3.05) is 31.1 Å². The van der Waals surface area contributed by atoms with Crippen LogP contribution in [-0.2, 0) is 0 Å². The van der Waals surface area contributed by atoms with Crippen LogP contribution in [0.3, 0.4) is 0 Å². The monoisotopic (exact) mass is 383 g/mol. The van der Waals surface area contributed by atoms with Crippen molar-refractivity contribution in [2.24, 2.45) is 5.16 Å². The largest absolute Gasteiger partial charge is 0.409 e. The molecule has 0 spiro atoms. The topological polar surface area (TPSA) is 39.1 Å². The number of amidine groups is 1. The molecule has 0 saturated carbocycles. The molecule has 4 nitrogen and oxygen atoms in total. The van der Waals surface area contributed by atoms with E-state index in [9.17, 15) is 5.21 Å². The molecular formula is C17H16Cl3N3O. The van der Waals surface area contributed by atoms with Gasteiger partial charge >= 0.3 is 0 Å². The molecule has 24 heavy (non-hydrogen) atoms. The second kappa shape index (κ2) is 7.51. The molecule has 1 fully saturated rings. The summed E-state index contributed by atoms with van der Waals surface area (Å²) in [5.41, 5.74) is 1.64. The van der Waals surface area contributed by atoms with Crippen LogP contribution in [0.1, 0.15) is 5.56 Å². The van der Waals surface area contributed by atoms with Crippen molar-refractivity contribution in [3.8, 4) is 0 Å². The number of anilines is 1. The molecule has 0 unspecified atom stereocenters. The van der Waals surface area contributed by atoms with E-state index in [1.165, 1.54) is 0 Å². The molecule has 126 valence electrons. The van der Waals surface area contributed by atoms with Crippen LogP contribution in [0.4, 0.5) is 5.69 Å². The maximum Gasteiger partial charge on any atom is 0.176 e. The number of oxime groups is 1. The van der Waals surface area contributed by atoms with E-state index in [0.29, 0.717) is 34.5 Å². The molecule has 1 saturated heterocycles. The highest BCUT2D eigenvalue weighted by atomic mass is 35.5. The van der Waals surface area contributed by atoms with Crippen molar-refractivity contribution in [1.29, 1.82) is 0 Å². The first-order valence-electron chi connectivity index (χ1n) is 7.52. The molecule has 0 radical (unpaired) electrons. The van der Waals surface area contributed by atoms with Crippen LogP contribution in [0.15, 0.2) is 47.6 Å². The lowest BCUT2D eigenvalue weighted by Crippen LogP contribution is -2.49. The molecule has 1 heterocycles. The number of hydrogen-bond acceptors (Lipinski definition) is 3. The normalized spacial score (nSPS) is 15.7. The molecule has 0 amide bonds. The lowest BCUT2D eigenvalue weighted by Gasteiger charge is -2.37. The Morgan fingerprint density at radius 3 is 2.21 bits per heavy atom. The van der Waals surface area contributed by atoms with Crippen molar-refractivity contribution in [3.05, 3.63) is 63.1 Å². The summed E-state index contributed by atoms with van der Waals surface area (Å²) in [4.78, 5) is 4.21. The highest BCUT2D eigenvalue weighted by Crippen LogP contribution is 2.29. The first-order valence-corrected chi connectivity index (χ1v) is 8.66. The Hall–Kier alpha value is -1.62. The lowest BCUT2D eigenvalue weighted by atomic mass is 10.1. The van der Waals surface area contributed by atoms with Crippen LogP contribution in [-0.4, -0.2) is 42.1 Å². The number of hydrogen-bond donors (Lipinski definition) is 1. The van der Waals surface area contributed by atoms with E-state index < -0.39 is 0 Å². The summed E-state index contributed by atoms with van der Waals surface area (Å²) in [6.45, 7) is 2.91. The van der Waals surface area contributed by atoms with Crippen LogP contribution in [0, 0.1) is 0 Å². The van der Waals surface area contributed by atoms with Gasteiger partial charge in [-0.1, -0.05) is 58.2 Å². The number of nitrogens with zero attached hydrogens (tertiary/aromatic N) is 3. The van der Waals surface area contributed by atoms with Crippen molar-refractivity contribution < 1.29 is 5.21 Å². The molecule has 0 aliphatic carbocycles. The molecular weight excluding hydrogens is 369 g/mol. The fourth-order valence-electron chi connectivity index (χ4n) is 2.83. The second-order valence-electron chi connectivity index (χ2n) is 5.45. The van der Waals surface area contributed by atoms with Crippen LogP contribution in [0.25, 0.3) is 0 Å². The number of halogens is 3. The fourth-order valence-corrected chi connectivity index (χ4v) is 3.47. The van der Waals surface area contributed by atoms with Crippen LogP contribution in [0.5, 0.6) is 0 Å². The van der Waals surface area contributed by atoms with Gasteiger partial charge < -0.3 is 15.0 Å². The molecule has 0 atom stereocenters. The first-order chi connectivity index (χ1) is 11.6. The van der Waals surface area contributed by atoms with E-state index in [0.717, 1.165) is 23.8 Å². The fraction of sp³-hybridized carbons (Fsp3) is 0.235. The van der Waals surface area contributed by atoms with Gasteiger partial charge in [-0.25, -0.2) is 0 Å².